The standard InChI is InChI=1S/C54H35N4OP/c59-60(42-19-9-3-10-20-42,43-21-11-4-12-22-43)44-34-56-54(57-35-44)41-26-29-46-48(33-41)51(37-16-7-2-8-17-37)45-28-25-40(32-47(45)50(46)36-14-5-1-6-15-36)49-30-27-39-24-23-38-18-13-31-55-52(38)53(39)58-49/h1-35H. The van der Waals surface area contributed by atoms with Crippen LogP contribution in [0.2, 0.25) is 0 Å². The average molecular weight is 787 g/mol. The van der Waals surface area contributed by atoms with Gasteiger partial charge in [-0.1, -0.05) is 170 Å². The minimum Gasteiger partial charge on any atom is -0.309 e. The summed E-state index contributed by atoms with van der Waals surface area (Å²) >= 11 is 0. The highest BCUT2D eigenvalue weighted by Crippen LogP contribution is 2.46. The van der Waals surface area contributed by atoms with Gasteiger partial charge >= 0.3 is 0 Å². The monoisotopic (exact) mass is 786 g/mol. The Morgan fingerprint density at radius 3 is 1.45 bits per heavy atom. The molecule has 0 unspecified atom stereocenters. The molecule has 8 aromatic carbocycles. The molecule has 0 N–H and O–H groups in total. The van der Waals surface area contributed by atoms with E-state index >= 15 is 4.57 Å². The summed E-state index contributed by atoms with van der Waals surface area (Å²) in [5.41, 5.74) is 9.09. The Morgan fingerprint density at radius 2 is 0.867 bits per heavy atom. The molecule has 0 amide bonds. The van der Waals surface area contributed by atoms with Gasteiger partial charge in [-0.3, -0.25) is 4.98 Å². The molecule has 0 saturated heterocycles. The molecule has 3 aromatic heterocycles. The fourth-order valence-corrected chi connectivity index (χ4v) is 11.1. The van der Waals surface area contributed by atoms with Gasteiger partial charge in [-0.25, -0.2) is 15.0 Å². The molecule has 5 nitrogen and oxygen atoms in total. The van der Waals surface area contributed by atoms with Gasteiger partial charge in [-0.15, -0.1) is 0 Å². The maximum Gasteiger partial charge on any atom is 0.174 e. The van der Waals surface area contributed by atoms with Gasteiger partial charge in [0.05, 0.1) is 22.0 Å². The third-order valence-corrected chi connectivity index (χ3v) is 14.5. The van der Waals surface area contributed by atoms with Gasteiger partial charge in [0, 0.05) is 51.1 Å². The van der Waals surface area contributed by atoms with Gasteiger partial charge in [-0.2, -0.15) is 0 Å². The van der Waals surface area contributed by atoms with Gasteiger partial charge in [0.2, 0.25) is 0 Å². The third-order valence-electron chi connectivity index (χ3n) is 11.5. The van der Waals surface area contributed by atoms with Gasteiger partial charge in [-0.05, 0) is 68.1 Å². The van der Waals surface area contributed by atoms with Crippen molar-refractivity contribution in [1.82, 2.24) is 19.9 Å². The topological polar surface area (TPSA) is 68.6 Å². The molecule has 3 heterocycles. The summed E-state index contributed by atoms with van der Waals surface area (Å²) in [6.07, 6.45) is 5.31. The van der Waals surface area contributed by atoms with Crippen molar-refractivity contribution >= 4 is 66.4 Å². The quantitative estimate of drug-likeness (QED) is 0.0914. The van der Waals surface area contributed by atoms with Crippen molar-refractivity contribution in [1.29, 1.82) is 0 Å². The zero-order valence-electron chi connectivity index (χ0n) is 32.4. The Balaban J connectivity index is 1.12. The number of rotatable bonds is 7. The van der Waals surface area contributed by atoms with Crippen LogP contribution in [-0.2, 0) is 4.57 Å². The van der Waals surface area contributed by atoms with Crippen LogP contribution in [0.5, 0.6) is 0 Å². The minimum absolute atomic E-state index is 0.563. The molecule has 0 bridgehead atoms. The summed E-state index contributed by atoms with van der Waals surface area (Å²) in [6.45, 7) is 0. The molecule has 11 rings (SSSR count). The summed E-state index contributed by atoms with van der Waals surface area (Å²) in [5.74, 6) is 0.563. The predicted molar refractivity (Wildman–Crippen MR) is 249 cm³/mol. The van der Waals surface area contributed by atoms with Crippen LogP contribution in [0.3, 0.4) is 0 Å². The molecule has 0 fully saturated rings. The van der Waals surface area contributed by atoms with Gasteiger partial charge in [0.15, 0.2) is 13.0 Å². The van der Waals surface area contributed by atoms with E-state index in [0.29, 0.717) is 11.1 Å². The highest BCUT2D eigenvalue weighted by Gasteiger charge is 2.30. The van der Waals surface area contributed by atoms with E-state index in [9.17, 15) is 0 Å². The molecule has 0 saturated carbocycles. The first-order valence-corrected chi connectivity index (χ1v) is 21.7. The Hall–Kier alpha value is -7.59. The van der Waals surface area contributed by atoms with Crippen molar-refractivity contribution in [3.63, 3.8) is 0 Å². The number of hydrogen-bond acceptors (Lipinski definition) is 5. The maximum absolute atomic E-state index is 15.1. The van der Waals surface area contributed by atoms with Crippen molar-refractivity contribution < 1.29 is 4.57 Å². The van der Waals surface area contributed by atoms with Crippen LogP contribution in [0, 0.1) is 0 Å². The lowest BCUT2D eigenvalue weighted by Gasteiger charge is -2.20. The van der Waals surface area contributed by atoms with E-state index in [1.165, 1.54) is 0 Å². The number of benzene rings is 8. The first-order chi connectivity index (χ1) is 29.6. The van der Waals surface area contributed by atoms with Crippen LogP contribution >= 0.6 is 7.14 Å². The van der Waals surface area contributed by atoms with Crippen molar-refractivity contribution in [2.45, 2.75) is 0 Å². The summed E-state index contributed by atoms with van der Waals surface area (Å²) in [5, 5.41) is 8.68. The summed E-state index contributed by atoms with van der Waals surface area (Å²) in [6, 6.07) is 66.2. The van der Waals surface area contributed by atoms with Crippen LogP contribution in [0.25, 0.3) is 88.2 Å². The number of nitrogens with zero attached hydrogens (tertiary/aromatic N) is 4. The van der Waals surface area contributed by atoms with Crippen LogP contribution in [-0.4, -0.2) is 19.9 Å². The molecule has 6 heteroatoms. The van der Waals surface area contributed by atoms with E-state index in [0.717, 1.165) is 93.0 Å². The Morgan fingerprint density at radius 1 is 0.367 bits per heavy atom. The minimum atomic E-state index is -3.23. The molecule has 0 aliphatic heterocycles. The van der Waals surface area contributed by atoms with E-state index in [4.69, 9.17) is 19.9 Å². The lowest BCUT2D eigenvalue weighted by atomic mass is 9.84. The summed E-state index contributed by atoms with van der Waals surface area (Å²) in [4.78, 5) is 19.8. The number of hydrogen-bond donors (Lipinski definition) is 0. The molecule has 60 heavy (non-hydrogen) atoms. The fraction of sp³-hybridized carbons (Fsp3) is 0. The Bertz CT molecular complexity index is 3390. The number of aromatic nitrogens is 4. The van der Waals surface area contributed by atoms with Crippen molar-refractivity contribution in [2.75, 3.05) is 0 Å². The molecular weight excluding hydrogens is 752 g/mol. The van der Waals surface area contributed by atoms with Crippen LogP contribution in [0.4, 0.5) is 0 Å². The second-order valence-corrected chi connectivity index (χ2v) is 17.7. The Kier molecular flexibility index (Phi) is 8.69. The average Bonchev–Trinajstić information content (AvgIpc) is 3.33. The van der Waals surface area contributed by atoms with Crippen LogP contribution in [0.15, 0.2) is 213 Å². The summed E-state index contributed by atoms with van der Waals surface area (Å²) < 4.78 is 15.1. The van der Waals surface area contributed by atoms with Crippen LogP contribution in [0.1, 0.15) is 0 Å². The highest BCUT2D eigenvalue weighted by atomic mass is 31.2. The molecule has 11 aromatic rings. The molecule has 0 spiro atoms. The molecule has 0 radical (unpaired) electrons. The second-order valence-electron chi connectivity index (χ2n) is 15.0. The molecule has 282 valence electrons. The van der Waals surface area contributed by atoms with Gasteiger partial charge in [0.25, 0.3) is 0 Å². The molecular formula is C54H35N4OP. The fourth-order valence-electron chi connectivity index (χ4n) is 8.60. The molecule has 0 aliphatic carbocycles. The lowest BCUT2D eigenvalue weighted by molar-refractivity contribution is 0.592. The SMILES string of the molecule is O=P(c1ccccc1)(c1ccccc1)c1cnc(-c2ccc3c(-c4ccccc4)c4cc(-c5ccc6ccc7cccnc7c6n5)ccc4c(-c4ccccc4)c3c2)nc1. The normalized spacial score (nSPS) is 11.7. The zero-order valence-corrected chi connectivity index (χ0v) is 33.2. The second kappa shape index (κ2) is 14.7. The van der Waals surface area contributed by atoms with Crippen LogP contribution < -0.4 is 15.9 Å². The van der Waals surface area contributed by atoms with E-state index in [1.807, 2.05) is 72.9 Å². The van der Waals surface area contributed by atoms with E-state index < -0.39 is 7.14 Å². The Labute approximate surface area is 347 Å². The lowest BCUT2D eigenvalue weighted by Crippen LogP contribution is -2.25. The van der Waals surface area contributed by atoms with Gasteiger partial charge in [0.1, 0.15) is 0 Å². The number of fused-ring (bicyclic) bond motifs is 5. The van der Waals surface area contributed by atoms with Crippen molar-refractivity contribution in [2.24, 2.45) is 0 Å². The summed E-state index contributed by atoms with van der Waals surface area (Å²) in [7, 11) is -3.23. The zero-order chi connectivity index (χ0) is 40.0. The maximum atomic E-state index is 15.1. The smallest absolute Gasteiger partial charge is 0.174 e. The molecule has 0 atom stereocenters. The van der Waals surface area contributed by atoms with Crippen molar-refractivity contribution in [3.8, 4) is 44.9 Å². The highest BCUT2D eigenvalue weighted by molar-refractivity contribution is 7.85. The van der Waals surface area contributed by atoms with Crippen molar-refractivity contribution in [3.05, 3.63) is 213 Å². The van der Waals surface area contributed by atoms with Gasteiger partial charge < -0.3 is 4.57 Å². The first kappa shape index (κ1) is 35.6. The largest absolute Gasteiger partial charge is 0.309 e. The van der Waals surface area contributed by atoms with E-state index in [1.54, 1.807) is 12.4 Å². The van der Waals surface area contributed by atoms with E-state index in [-0.39, 0.29) is 0 Å². The third kappa shape index (κ3) is 5.98. The number of pyridine rings is 2. The molecule has 0 aliphatic rings. The van der Waals surface area contributed by atoms with E-state index in [2.05, 4.69) is 127 Å². The predicted octanol–water partition coefficient (Wildman–Crippen LogP) is 12.2. The first-order valence-electron chi connectivity index (χ1n) is 20.0.